The molecular formula is C26H29N3O5S. The van der Waals surface area contributed by atoms with E-state index >= 15 is 0 Å². The third kappa shape index (κ3) is 5.63. The van der Waals surface area contributed by atoms with Crippen LogP contribution in [0.3, 0.4) is 0 Å². The van der Waals surface area contributed by atoms with Gasteiger partial charge in [-0.1, -0.05) is 59.8 Å². The van der Waals surface area contributed by atoms with E-state index in [2.05, 4.69) is 10.5 Å². The second-order valence-corrected chi connectivity index (χ2v) is 10.3. The summed E-state index contributed by atoms with van der Waals surface area (Å²) in [5, 5.41) is 6.83. The molecule has 1 amide bonds. The average molecular weight is 496 g/mol. The summed E-state index contributed by atoms with van der Waals surface area (Å²) < 4.78 is 39.2. The number of nitrogens with one attached hydrogen (secondary N) is 1. The molecule has 0 radical (unpaired) electrons. The minimum atomic E-state index is -3.90. The lowest BCUT2D eigenvalue weighted by atomic mass is 9.98. The smallest absolute Gasteiger partial charge is 0.248 e. The van der Waals surface area contributed by atoms with Crippen LogP contribution in [0, 0.1) is 12.8 Å². The lowest BCUT2D eigenvalue weighted by Gasteiger charge is -2.31. The van der Waals surface area contributed by atoms with E-state index in [4.69, 9.17) is 9.26 Å². The van der Waals surface area contributed by atoms with Crippen molar-refractivity contribution in [2.24, 2.45) is 5.92 Å². The largest absolute Gasteiger partial charge is 0.496 e. The number of piperidine rings is 1. The third-order valence-corrected chi connectivity index (χ3v) is 8.08. The number of benzene rings is 2. The lowest BCUT2D eigenvalue weighted by Crippen LogP contribution is -2.45. The Balaban J connectivity index is 1.48. The van der Waals surface area contributed by atoms with E-state index < -0.39 is 15.9 Å². The first-order valence-electron chi connectivity index (χ1n) is 11.5. The second kappa shape index (κ2) is 10.9. The van der Waals surface area contributed by atoms with Crippen molar-refractivity contribution in [3.05, 3.63) is 77.2 Å². The van der Waals surface area contributed by atoms with E-state index in [-0.39, 0.29) is 23.1 Å². The first kappa shape index (κ1) is 24.7. The van der Waals surface area contributed by atoms with Crippen LogP contribution in [0.1, 0.15) is 35.4 Å². The first-order chi connectivity index (χ1) is 16.9. The van der Waals surface area contributed by atoms with Crippen molar-refractivity contribution >= 4 is 28.1 Å². The molecule has 1 N–H and O–H groups in total. The van der Waals surface area contributed by atoms with Crippen LogP contribution in [-0.2, 0) is 21.4 Å². The highest BCUT2D eigenvalue weighted by molar-refractivity contribution is 7.89. The molecule has 3 aromatic rings. The summed E-state index contributed by atoms with van der Waals surface area (Å²) in [6.07, 6.45) is 4.60. The monoisotopic (exact) mass is 495 g/mol. The molecule has 0 saturated carbocycles. The first-order valence-corrected chi connectivity index (χ1v) is 12.9. The van der Waals surface area contributed by atoms with Gasteiger partial charge < -0.3 is 14.6 Å². The van der Waals surface area contributed by atoms with Crippen molar-refractivity contribution in [3.63, 3.8) is 0 Å². The van der Waals surface area contributed by atoms with E-state index in [1.165, 1.54) is 4.31 Å². The second-order valence-electron chi connectivity index (χ2n) is 8.44. The Labute approximate surface area is 205 Å². The number of hydrogen-bond acceptors (Lipinski definition) is 6. The zero-order valence-corrected chi connectivity index (χ0v) is 20.6. The molecule has 1 saturated heterocycles. The summed E-state index contributed by atoms with van der Waals surface area (Å²) in [4.78, 5) is 12.9. The van der Waals surface area contributed by atoms with Crippen LogP contribution in [0.5, 0.6) is 5.75 Å². The normalized spacial score (nSPS) is 16.9. The number of aromatic nitrogens is 1. The van der Waals surface area contributed by atoms with E-state index in [0.29, 0.717) is 37.4 Å². The van der Waals surface area contributed by atoms with Gasteiger partial charge >= 0.3 is 0 Å². The number of amides is 1. The molecule has 2 heterocycles. The van der Waals surface area contributed by atoms with Crippen molar-refractivity contribution in [1.29, 1.82) is 0 Å². The Bertz CT molecular complexity index is 1300. The fraction of sp³-hybridized carbons (Fsp3) is 0.308. The number of carbonyl (C=O) groups excluding carboxylic acids is 1. The maximum absolute atomic E-state index is 13.6. The predicted octanol–water partition coefficient (Wildman–Crippen LogP) is 3.88. The highest BCUT2D eigenvalue weighted by Gasteiger charge is 2.36. The Morgan fingerprint density at radius 1 is 1.17 bits per heavy atom. The fourth-order valence-corrected chi connectivity index (χ4v) is 5.99. The summed E-state index contributed by atoms with van der Waals surface area (Å²) in [6, 6.07) is 17.0. The summed E-state index contributed by atoms with van der Waals surface area (Å²) in [7, 11) is -2.32. The van der Waals surface area contributed by atoms with Crippen molar-refractivity contribution in [3.8, 4) is 5.75 Å². The summed E-state index contributed by atoms with van der Waals surface area (Å²) in [5.41, 5.74) is 2.06. The van der Waals surface area contributed by atoms with Gasteiger partial charge in [0.2, 0.25) is 15.9 Å². The number of sulfonamides is 1. The molecule has 1 atom stereocenters. The molecule has 35 heavy (non-hydrogen) atoms. The summed E-state index contributed by atoms with van der Waals surface area (Å²) in [5.74, 6) is 0.243. The number of para-hydroxylation sites is 1. The zero-order chi connectivity index (χ0) is 24.8. The summed E-state index contributed by atoms with van der Waals surface area (Å²) >= 11 is 0. The van der Waals surface area contributed by atoms with Crippen LogP contribution in [0.15, 0.2) is 64.0 Å². The highest BCUT2D eigenvalue weighted by Crippen LogP contribution is 2.29. The van der Waals surface area contributed by atoms with Gasteiger partial charge in [0.05, 0.1) is 13.0 Å². The standard InChI is InChI=1S/C26H29N3O5S/c1-19-25(24(34-28-19)15-14-20-9-4-3-5-10-20)35(31,32)29-16-8-12-22(18-29)26(30)27-17-21-11-6-7-13-23(21)33-2/h3-7,9-11,13-15,22H,8,12,16-18H2,1-2H3,(H,27,30)/b15-14+. The molecule has 4 rings (SSSR count). The quantitative estimate of drug-likeness (QED) is 0.509. The molecule has 8 nitrogen and oxygen atoms in total. The molecule has 1 aliphatic heterocycles. The molecule has 184 valence electrons. The van der Waals surface area contributed by atoms with Gasteiger partial charge in [-0.05, 0) is 37.5 Å². The van der Waals surface area contributed by atoms with Crippen molar-refractivity contribution in [2.45, 2.75) is 31.2 Å². The van der Waals surface area contributed by atoms with Crippen LogP contribution < -0.4 is 10.1 Å². The number of rotatable bonds is 8. The van der Waals surface area contributed by atoms with Crippen molar-refractivity contribution in [2.75, 3.05) is 20.2 Å². The molecule has 2 aromatic carbocycles. The van der Waals surface area contributed by atoms with Gasteiger partial charge in [0.15, 0.2) is 10.7 Å². The van der Waals surface area contributed by atoms with Gasteiger partial charge in [-0.2, -0.15) is 4.31 Å². The molecule has 1 fully saturated rings. The lowest BCUT2D eigenvalue weighted by molar-refractivity contribution is -0.126. The van der Waals surface area contributed by atoms with E-state index in [1.54, 1.807) is 26.2 Å². The van der Waals surface area contributed by atoms with Gasteiger partial charge in [0.25, 0.3) is 0 Å². The molecular weight excluding hydrogens is 466 g/mol. The SMILES string of the molecule is COc1ccccc1CNC(=O)C1CCCN(S(=O)(=O)c2c(C)noc2/C=C/c2ccccc2)C1. The Morgan fingerprint density at radius 3 is 2.69 bits per heavy atom. The highest BCUT2D eigenvalue weighted by atomic mass is 32.2. The molecule has 0 spiro atoms. The van der Waals surface area contributed by atoms with Crippen molar-refractivity contribution < 1.29 is 22.5 Å². The zero-order valence-electron chi connectivity index (χ0n) is 19.8. The minimum absolute atomic E-state index is 0.0414. The van der Waals surface area contributed by atoms with Gasteiger partial charge in [0, 0.05) is 25.2 Å². The predicted molar refractivity (Wildman–Crippen MR) is 133 cm³/mol. The number of ether oxygens (including phenoxy) is 1. The molecule has 1 unspecified atom stereocenters. The molecule has 9 heteroatoms. The maximum atomic E-state index is 13.6. The van der Waals surface area contributed by atoms with Gasteiger partial charge in [-0.15, -0.1) is 0 Å². The average Bonchev–Trinajstić information content (AvgIpc) is 3.27. The van der Waals surface area contributed by atoms with Gasteiger partial charge in [-0.25, -0.2) is 8.42 Å². The Morgan fingerprint density at radius 2 is 1.91 bits per heavy atom. The van der Waals surface area contributed by atoms with E-state index in [9.17, 15) is 13.2 Å². The van der Waals surface area contributed by atoms with Crippen LogP contribution in [0.25, 0.3) is 12.2 Å². The Kier molecular flexibility index (Phi) is 7.67. The van der Waals surface area contributed by atoms with Crippen LogP contribution in [0.4, 0.5) is 0 Å². The maximum Gasteiger partial charge on any atom is 0.248 e. The number of hydrogen-bond donors (Lipinski definition) is 1. The molecule has 0 aliphatic carbocycles. The van der Waals surface area contributed by atoms with Gasteiger partial charge in [0.1, 0.15) is 11.4 Å². The molecule has 1 aromatic heterocycles. The van der Waals surface area contributed by atoms with Crippen LogP contribution in [0.2, 0.25) is 0 Å². The number of nitrogens with zero attached hydrogens (tertiary/aromatic N) is 2. The Hall–Kier alpha value is -3.43. The number of carbonyl (C=O) groups is 1. The van der Waals surface area contributed by atoms with Crippen LogP contribution >= 0.6 is 0 Å². The fourth-order valence-electron chi connectivity index (χ4n) is 4.21. The van der Waals surface area contributed by atoms with E-state index in [0.717, 1.165) is 11.1 Å². The number of aryl methyl sites for hydroxylation is 1. The molecule has 1 aliphatic rings. The molecule has 0 bridgehead atoms. The minimum Gasteiger partial charge on any atom is -0.496 e. The van der Waals surface area contributed by atoms with Crippen LogP contribution in [-0.4, -0.2) is 44.0 Å². The van der Waals surface area contributed by atoms with Crippen molar-refractivity contribution in [1.82, 2.24) is 14.8 Å². The number of methoxy groups -OCH3 is 1. The topological polar surface area (TPSA) is 102 Å². The third-order valence-electron chi connectivity index (χ3n) is 6.06. The van der Waals surface area contributed by atoms with Gasteiger partial charge in [-0.3, -0.25) is 4.79 Å². The van der Waals surface area contributed by atoms with E-state index in [1.807, 2.05) is 54.6 Å². The summed E-state index contributed by atoms with van der Waals surface area (Å²) in [6.45, 7) is 2.36.